The SMILES string of the molecule is NC(C(=O)NC1C(=O)N2C(C(=O)O)=C(CSc3nnnn3CCC(=O)O)CS[C@@H]12)c1ccccc1. The van der Waals surface area contributed by atoms with Crippen molar-refractivity contribution in [3.63, 3.8) is 0 Å². The third-order valence-electron chi connectivity index (χ3n) is 5.40. The van der Waals surface area contributed by atoms with Gasteiger partial charge in [0.05, 0.1) is 13.0 Å². The first-order valence-corrected chi connectivity index (χ1v) is 12.4. The summed E-state index contributed by atoms with van der Waals surface area (Å²) in [7, 11) is 0. The zero-order chi connectivity index (χ0) is 25.1. The summed E-state index contributed by atoms with van der Waals surface area (Å²) in [4.78, 5) is 49.5. The first kappa shape index (κ1) is 24.7. The number of aliphatic carboxylic acids is 2. The van der Waals surface area contributed by atoms with Gasteiger partial charge in [0, 0.05) is 11.5 Å². The zero-order valence-corrected chi connectivity index (χ0v) is 19.7. The van der Waals surface area contributed by atoms with Crippen molar-refractivity contribution in [3.05, 3.63) is 47.2 Å². The number of nitrogens with two attached hydrogens (primary N) is 1. The summed E-state index contributed by atoms with van der Waals surface area (Å²) in [6.45, 7) is 0.0729. The number of carboxylic acid groups (broad SMARTS) is 2. The van der Waals surface area contributed by atoms with E-state index in [0.29, 0.717) is 22.0 Å². The number of carboxylic acids is 2. The molecule has 0 aliphatic carbocycles. The number of β-lactam (4-membered cyclic amide) rings is 1. The Labute approximate surface area is 207 Å². The molecule has 2 amide bonds. The molecule has 4 rings (SSSR count). The van der Waals surface area contributed by atoms with E-state index in [-0.39, 0.29) is 24.4 Å². The summed E-state index contributed by atoms with van der Waals surface area (Å²) in [5, 5.41) is 32.2. The molecule has 0 bridgehead atoms. The van der Waals surface area contributed by atoms with Gasteiger partial charge in [-0.25, -0.2) is 9.48 Å². The number of amides is 2. The molecule has 1 fully saturated rings. The number of aryl methyl sites for hydroxylation is 1. The Morgan fingerprint density at radius 3 is 2.69 bits per heavy atom. The van der Waals surface area contributed by atoms with Crippen LogP contribution in [0.5, 0.6) is 0 Å². The second-order valence-corrected chi connectivity index (χ2v) is 9.71. The highest BCUT2D eigenvalue weighted by Crippen LogP contribution is 2.41. The average Bonchev–Trinajstić information content (AvgIpc) is 3.31. The molecule has 15 heteroatoms. The monoisotopic (exact) mass is 519 g/mol. The molecule has 5 N–H and O–H groups in total. The first-order chi connectivity index (χ1) is 16.8. The van der Waals surface area contributed by atoms with Crippen LogP contribution >= 0.6 is 23.5 Å². The van der Waals surface area contributed by atoms with E-state index in [1.54, 1.807) is 30.3 Å². The molecule has 0 radical (unpaired) electrons. The Bertz CT molecular complexity index is 1190. The van der Waals surface area contributed by atoms with Crippen molar-refractivity contribution in [2.45, 2.75) is 35.6 Å². The van der Waals surface area contributed by atoms with Crippen LogP contribution in [0.2, 0.25) is 0 Å². The van der Waals surface area contributed by atoms with Crippen LogP contribution in [0.15, 0.2) is 46.8 Å². The number of hydrogen-bond acceptors (Lipinski definition) is 10. The minimum atomic E-state index is -1.25. The maximum Gasteiger partial charge on any atom is 0.352 e. The van der Waals surface area contributed by atoms with Crippen molar-refractivity contribution in [2.75, 3.05) is 11.5 Å². The molecular formula is C20H21N7O6S2. The maximum atomic E-state index is 12.8. The van der Waals surface area contributed by atoms with Crippen molar-refractivity contribution in [1.29, 1.82) is 0 Å². The van der Waals surface area contributed by atoms with Crippen molar-refractivity contribution < 1.29 is 29.4 Å². The molecule has 1 saturated heterocycles. The number of carbonyl (C=O) groups is 4. The fourth-order valence-corrected chi connectivity index (χ4v) is 6.03. The normalized spacial score (nSPS) is 20.1. The van der Waals surface area contributed by atoms with Crippen molar-refractivity contribution in [2.24, 2.45) is 5.73 Å². The van der Waals surface area contributed by atoms with E-state index in [1.165, 1.54) is 21.3 Å². The van der Waals surface area contributed by atoms with Gasteiger partial charge in [-0.3, -0.25) is 19.3 Å². The van der Waals surface area contributed by atoms with Gasteiger partial charge in [-0.05, 0) is 21.6 Å². The molecule has 3 atom stereocenters. The highest BCUT2D eigenvalue weighted by atomic mass is 32.2. The van der Waals surface area contributed by atoms with E-state index < -0.39 is 41.2 Å². The molecule has 35 heavy (non-hydrogen) atoms. The van der Waals surface area contributed by atoms with Gasteiger partial charge in [-0.1, -0.05) is 42.1 Å². The number of aromatic nitrogens is 4. The Balaban J connectivity index is 1.43. The predicted octanol–water partition coefficient (Wildman–Crippen LogP) is -0.321. The van der Waals surface area contributed by atoms with E-state index in [0.717, 1.165) is 11.8 Å². The number of tetrazole rings is 1. The minimum Gasteiger partial charge on any atom is -0.481 e. The second-order valence-electron chi connectivity index (χ2n) is 7.66. The first-order valence-electron chi connectivity index (χ1n) is 10.4. The number of thioether (sulfide) groups is 2. The number of carbonyl (C=O) groups excluding carboxylic acids is 2. The summed E-state index contributed by atoms with van der Waals surface area (Å²) in [5.74, 6) is -2.79. The Kier molecular flexibility index (Phi) is 7.37. The van der Waals surface area contributed by atoms with Gasteiger partial charge < -0.3 is 21.3 Å². The summed E-state index contributed by atoms with van der Waals surface area (Å²) in [5.41, 5.74) is 6.98. The largest absolute Gasteiger partial charge is 0.481 e. The van der Waals surface area contributed by atoms with E-state index in [1.807, 2.05) is 0 Å². The van der Waals surface area contributed by atoms with Gasteiger partial charge >= 0.3 is 11.9 Å². The molecule has 2 aliphatic heterocycles. The predicted molar refractivity (Wildman–Crippen MR) is 124 cm³/mol. The van der Waals surface area contributed by atoms with Gasteiger partial charge in [0.2, 0.25) is 11.1 Å². The van der Waals surface area contributed by atoms with Crippen LogP contribution in [0.25, 0.3) is 0 Å². The number of fused-ring (bicyclic) bond motifs is 1. The molecule has 1 aromatic heterocycles. The number of rotatable bonds is 10. The van der Waals surface area contributed by atoms with E-state index in [9.17, 15) is 24.3 Å². The van der Waals surface area contributed by atoms with Crippen molar-refractivity contribution >= 4 is 47.3 Å². The molecule has 1 aromatic carbocycles. The molecule has 0 spiro atoms. The number of nitrogens with zero attached hydrogens (tertiary/aromatic N) is 5. The molecule has 0 saturated carbocycles. The van der Waals surface area contributed by atoms with Gasteiger partial charge in [-0.2, -0.15) is 0 Å². The van der Waals surface area contributed by atoms with Gasteiger partial charge in [0.25, 0.3) is 5.91 Å². The fourth-order valence-electron chi connectivity index (χ4n) is 3.64. The molecule has 13 nitrogen and oxygen atoms in total. The summed E-state index contributed by atoms with van der Waals surface area (Å²) in [6.07, 6.45) is -0.164. The van der Waals surface area contributed by atoms with Crippen LogP contribution in [0.3, 0.4) is 0 Å². The quantitative estimate of drug-likeness (QED) is 0.236. The van der Waals surface area contributed by atoms with E-state index >= 15 is 0 Å². The lowest BCUT2D eigenvalue weighted by Gasteiger charge is -2.49. The third-order valence-corrected chi connectivity index (χ3v) is 7.78. The Morgan fingerprint density at radius 1 is 1.26 bits per heavy atom. The van der Waals surface area contributed by atoms with Crippen LogP contribution in [-0.2, 0) is 25.7 Å². The van der Waals surface area contributed by atoms with Crippen LogP contribution in [0.4, 0.5) is 0 Å². The Morgan fingerprint density at radius 2 is 2.00 bits per heavy atom. The maximum absolute atomic E-state index is 12.8. The molecule has 2 aliphatic rings. The lowest BCUT2D eigenvalue weighted by atomic mass is 10.0. The summed E-state index contributed by atoms with van der Waals surface area (Å²) >= 11 is 2.49. The standard InChI is InChI=1S/C20H21N7O6S2/c21-13(10-4-2-1-3-5-10)16(30)22-14-17(31)27-15(19(32)33)11(8-34-18(14)27)9-35-20-23-24-25-26(20)7-6-12(28)29/h1-5,13-14,18H,6-9,21H2,(H,22,30)(H,28,29)(H,32,33)/t13?,14?,18-/m0/s1. The molecule has 184 valence electrons. The van der Waals surface area contributed by atoms with E-state index in [4.69, 9.17) is 10.8 Å². The van der Waals surface area contributed by atoms with Crippen LogP contribution in [-0.4, -0.2) is 82.0 Å². The lowest BCUT2D eigenvalue weighted by molar-refractivity contribution is -0.150. The molecule has 3 heterocycles. The average molecular weight is 520 g/mol. The van der Waals surface area contributed by atoms with Crippen molar-refractivity contribution in [3.8, 4) is 0 Å². The van der Waals surface area contributed by atoms with Crippen LogP contribution in [0, 0.1) is 0 Å². The van der Waals surface area contributed by atoms with E-state index in [2.05, 4.69) is 20.8 Å². The molecule has 2 unspecified atom stereocenters. The number of hydrogen-bond donors (Lipinski definition) is 4. The van der Waals surface area contributed by atoms with Crippen LogP contribution in [0.1, 0.15) is 18.0 Å². The summed E-state index contributed by atoms with van der Waals surface area (Å²) in [6, 6.07) is 6.89. The number of benzene rings is 1. The Hall–Kier alpha value is -3.43. The topological polar surface area (TPSA) is 194 Å². The fraction of sp³-hybridized carbons (Fsp3) is 0.350. The molecular weight excluding hydrogens is 498 g/mol. The minimum absolute atomic E-state index is 0.0729. The van der Waals surface area contributed by atoms with Gasteiger partial charge in [-0.15, -0.1) is 16.9 Å². The zero-order valence-electron chi connectivity index (χ0n) is 18.1. The molecule has 2 aromatic rings. The highest BCUT2D eigenvalue weighted by molar-refractivity contribution is 8.01. The lowest BCUT2D eigenvalue weighted by Crippen LogP contribution is -2.71. The van der Waals surface area contributed by atoms with Gasteiger partial charge in [0.15, 0.2) is 0 Å². The number of nitrogens with one attached hydrogen (secondary N) is 1. The third kappa shape index (κ3) is 5.16. The smallest absolute Gasteiger partial charge is 0.352 e. The van der Waals surface area contributed by atoms with Gasteiger partial charge in [0.1, 0.15) is 23.2 Å². The summed E-state index contributed by atoms with van der Waals surface area (Å²) < 4.78 is 1.33. The van der Waals surface area contributed by atoms with Crippen LogP contribution < -0.4 is 11.1 Å². The van der Waals surface area contributed by atoms with Crippen molar-refractivity contribution in [1.82, 2.24) is 30.4 Å². The highest BCUT2D eigenvalue weighted by Gasteiger charge is 2.54. The second kappa shape index (κ2) is 10.5.